The molecule has 0 spiro atoms. The van der Waals surface area contributed by atoms with Crippen LogP contribution >= 0.6 is 11.6 Å². The monoisotopic (exact) mass is 299 g/mol. The molecule has 0 unspecified atom stereocenters. The molecule has 1 saturated carbocycles. The summed E-state index contributed by atoms with van der Waals surface area (Å²) in [5, 5.41) is -0.554. The maximum Gasteiger partial charge on any atom is 0.298 e. The summed E-state index contributed by atoms with van der Waals surface area (Å²) in [5.41, 5.74) is -0.582. The number of rotatable bonds is 3. The largest absolute Gasteiger partial charge is 0.423 e. The third kappa shape index (κ3) is 1.87. The third-order valence-electron chi connectivity index (χ3n) is 3.23. The van der Waals surface area contributed by atoms with Crippen LogP contribution in [0.15, 0.2) is 17.1 Å². The van der Waals surface area contributed by atoms with Gasteiger partial charge in [-0.2, -0.15) is 0 Å². The maximum absolute atomic E-state index is 13.6. The molecule has 20 heavy (non-hydrogen) atoms. The molecule has 1 aliphatic carbocycles. The van der Waals surface area contributed by atoms with Gasteiger partial charge in [0.15, 0.2) is 17.4 Å². The highest BCUT2D eigenvalue weighted by atomic mass is 35.5. The Labute approximate surface area is 116 Å². The number of hydrogen-bond donors (Lipinski definition) is 0. The van der Waals surface area contributed by atoms with Crippen molar-refractivity contribution < 1.29 is 18.3 Å². The van der Waals surface area contributed by atoms with Crippen LogP contribution in [0.5, 0.6) is 5.75 Å². The number of fused-ring (bicyclic) bond motifs is 1. The number of pyridine rings is 1. The van der Waals surface area contributed by atoms with Crippen LogP contribution in [-0.4, -0.2) is 11.0 Å². The number of aromatic nitrogens is 1. The van der Waals surface area contributed by atoms with Gasteiger partial charge in [-0.15, -0.1) is 0 Å². The molecule has 1 aromatic heterocycles. The van der Waals surface area contributed by atoms with Crippen LogP contribution in [0.25, 0.3) is 10.9 Å². The van der Waals surface area contributed by atoms with Gasteiger partial charge in [0, 0.05) is 6.04 Å². The summed E-state index contributed by atoms with van der Waals surface area (Å²) in [5.74, 6) is -2.65. The predicted molar refractivity (Wildman–Crippen MR) is 68.1 cm³/mol. The molecule has 1 aromatic carbocycles. The van der Waals surface area contributed by atoms with Crippen molar-refractivity contribution in [1.29, 1.82) is 0 Å². The van der Waals surface area contributed by atoms with Gasteiger partial charge >= 0.3 is 0 Å². The van der Waals surface area contributed by atoms with Gasteiger partial charge in [-0.3, -0.25) is 9.59 Å². The standard InChI is InChI=1S/C13H8ClF2NO3/c14-10-11(16)8(15)3-7-12(10)17(6-1-2-6)4-9(13(7)19)20-5-18/h3-6H,1-2H2. The molecule has 1 fully saturated rings. The van der Waals surface area contributed by atoms with E-state index in [-0.39, 0.29) is 29.2 Å². The number of carbonyl (C=O) groups is 1. The summed E-state index contributed by atoms with van der Waals surface area (Å²) in [7, 11) is 0. The summed E-state index contributed by atoms with van der Waals surface area (Å²) < 4.78 is 33.2. The van der Waals surface area contributed by atoms with Gasteiger partial charge in [-0.05, 0) is 18.9 Å². The molecule has 0 N–H and O–H groups in total. The summed E-state index contributed by atoms with van der Waals surface area (Å²) in [6.45, 7) is 0.112. The number of hydrogen-bond acceptors (Lipinski definition) is 3. The lowest BCUT2D eigenvalue weighted by molar-refractivity contribution is -0.120. The molecule has 2 aromatic rings. The van der Waals surface area contributed by atoms with Crippen LogP contribution in [0, 0.1) is 11.6 Å². The second kappa shape index (κ2) is 4.56. The lowest BCUT2D eigenvalue weighted by atomic mass is 10.2. The van der Waals surface area contributed by atoms with Gasteiger partial charge in [0.25, 0.3) is 6.47 Å². The molecule has 0 amide bonds. The minimum Gasteiger partial charge on any atom is -0.423 e. The fourth-order valence-corrected chi connectivity index (χ4v) is 2.46. The highest BCUT2D eigenvalue weighted by Crippen LogP contribution is 2.40. The van der Waals surface area contributed by atoms with Gasteiger partial charge in [0.2, 0.25) is 5.43 Å². The van der Waals surface area contributed by atoms with Gasteiger partial charge in [-0.1, -0.05) is 11.6 Å². The van der Waals surface area contributed by atoms with Crippen molar-refractivity contribution in [2.45, 2.75) is 18.9 Å². The Kier molecular flexibility index (Phi) is 2.97. The Morgan fingerprint density at radius 1 is 1.40 bits per heavy atom. The highest BCUT2D eigenvalue weighted by Gasteiger charge is 2.28. The van der Waals surface area contributed by atoms with Crippen molar-refractivity contribution in [2.24, 2.45) is 0 Å². The minimum absolute atomic E-state index is 0.0365. The first-order valence-electron chi connectivity index (χ1n) is 5.87. The quantitative estimate of drug-likeness (QED) is 0.647. The van der Waals surface area contributed by atoms with Crippen molar-refractivity contribution in [3.05, 3.63) is 39.1 Å². The smallest absolute Gasteiger partial charge is 0.298 e. The van der Waals surface area contributed by atoms with Crippen molar-refractivity contribution in [2.75, 3.05) is 0 Å². The lowest BCUT2D eigenvalue weighted by Gasteiger charge is -2.13. The van der Waals surface area contributed by atoms with E-state index in [0.717, 1.165) is 18.9 Å². The average molecular weight is 300 g/mol. The number of nitrogens with zero attached hydrogens (tertiary/aromatic N) is 1. The molecular formula is C13H8ClF2NO3. The third-order valence-corrected chi connectivity index (χ3v) is 3.58. The van der Waals surface area contributed by atoms with Crippen LogP contribution in [0.3, 0.4) is 0 Å². The molecule has 7 heteroatoms. The van der Waals surface area contributed by atoms with Crippen molar-refractivity contribution >= 4 is 29.0 Å². The van der Waals surface area contributed by atoms with Gasteiger partial charge in [-0.25, -0.2) is 8.78 Å². The van der Waals surface area contributed by atoms with Crippen LogP contribution in [0.4, 0.5) is 8.78 Å². The predicted octanol–water partition coefficient (Wildman–Crippen LogP) is 2.80. The number of carbonyl (C=O) groups excluding carboxylic acids is 1. The molecule has 1 aliphatic rings. The Hall–Kier alpha value is -1.95. The lowest BCUT2D eigenvalue weighted by Crippen LogP contribution is -2.14. The number of benzene rings is 1. The zero-order chi connectivity index (χ0) is 14.4. The van der Waals surface area contributed by atoms with Crippen LogP contribution in [0.1, 0.15) is 18.9 Å². The van der Waals surface area contributed by atoms with Crippen molar-refractivity contribution in [1.82, 2.24) is 4.57 Å². The Bertz CT molecular complexity index is 784. The molecule has 0 radical (unpaired) electrons. The van der Waals surface area contributed by atoms with Crippen LogP contribution < -0.4 is 10.2 Å². The zero-order valence-electron chi connectivity index (χ0n) is 10.0. The Morgan fingerprint density at radius 3 is 2.70 bits per heavy atom. The van der Waals surface area contributed by atoms with E-state index in [4.69, 9.17) is 11.6 Å². The zero-order valence-corrected chi connectivity index (χ0v) is 10.8. The van der Waals surface area contributed by atoms with E-state index in [1.54, 1.807) is 4.57 Å². The molecule has 0 aliphatic heterocycles. The van der Waals surface area contributed by atoms with Crippen LogP contribution in [0.2, 0.25) is 5.02 Å². The summed E-state index contributed by atoms with van der Waals surface area (Å²) in [6, 6.07) is 0.810. The second-order valence-electron chi connectivity index (χ2n) is 4.56. The van der Waals surface area contributed by atoms with E-state index < -0.39 is 22.1 Å². The van der Waals surface area contributed by atoms with E-state index in [0.29, 0.717) is 0 Å². The Balaban J connectivity index is 2.45. The van der Waals surface area contributed by atoms with Gasteiger partial charge in [0.05, 0.1) is 17.1 Å². The van der Waals surface area contributed by atoms with Crippen molar-refractivity contribution in [3.8, 4) is 5.75 Å². The number of ether oxygens (including phenoxy) is 1. The van der Waals surface area contributed by atoms with E-state index in [2.05, 4.69) is 4.74 Å². The first-order chi connectivity index (χ1) is 9.54. The molecule has 0 bridgehead atoms. The summed E-state index contributed by atoms with van der Waals surface area (Å²) >= 11 is 5.82. The van der Waals surface area contributed by atoms with E-state index in [1.807, 2.05) is 0 Å². The molecule has 0 atom stereocenters. The average Bonchev–Trinajstić information content (AvgIpc) is 3.24. The molecule has 1 heterocycles. The van der Waals surface area contributed by atoms with Crippen LogP contribution in [-0.2, 0) is 4.79 Å². The summed E-state index contributed by atoms with van der Waals surface area (Å²) in [4.78, 5) is 22.5. The fraction of sp³-hybridized carbons (Fsp3) is 0.231. The first-order valence-corrected chi connectivity index (χ1v) is 6.25. The van der Waals surface area contributed by atoms with E-state index >= 15 is 0 Å². The Morgan fingerprint density at radius 2 is 2.10 bits per heavy atom. The molecule has 104 valence electrons. The maximum atomic E-state index is 13.6. The van der Waals surface area contributed by atoms with Gasteiger partial charge < -0.3 is 9.30 Å². The topological polar surface area (TPSA) is 48.3 Å². The van der Waals surface area contributed by atoms with E-state index in [9.17, 15) is 18.4 Å². The fourth-order valence-electron chi connectivity index (χ4n) is 2.17. The van der Waals surface area contributed by atoms with Crippen molar-refractivity contribution in [3.63, 3.8) is 0 Å². The van der Waals surface area contributed by atoms with Gasteiger partial charge in [0.1, 0.15) is 5.02 Å². The second-order valence-corrected chi connectivity index (χ2v) is 4.94. The van der Waals surface area contributed by atoms with E-state index in [1.165, 1.54) is 6.20 Å². The normalized spacial score (nSPS) is 14.6. The molecular weight excluding hydrogens is 292 g/mol. The minimum atomic E-state index is -1.22. The first kappa shape index (κ1) is 13.1. The number of halogens is 3. The molecule has 4 nitrogen and oxygen atoms in total. The molecule has 3 rings (SSSR count). The SMILES string of the molecule is O=COc1cn(C2CC2)c2c(Cl)c(F)c(F)cc2c1=O. The highest BCUT2D eigenvalue weighted by molar-refractivity contribution is 6.35. The summed E-state index contributed by atoms with van der Waals surface area (Å²) in [6.07, 6.45) is 2.96. The molecule has 0 saturated heterocycles.